The smallest absolute Gasteiger partial charge is 0.160 e. The summed E-state index contributed by atoms with van der Waals surface area (Å²) in [6.45, 7) is 0. The van der Waals surface area contributed by atoms with Gasteiger partial charge in [0, 0.05) is 33.8 Å². The van der Waals surface area contributed by atoms with Gasteiger partial charge < -0.3 is 0 Å². The summed E-state index contributed by atoms with van der Waals surface area (Å²) in [5.41, 5.74) is 15.8. The van der Waals surface area contributed by atoms with Crippen molar-refractivity contribution in [1.82, 2.24) is 15.0 Å². The molecule has 0 saturated heterocycles. The van der Waals surface area contributed by atoms with Crippen LogP contribution in [0.15, 0.2) is 225 Å². The zero-order valence-electron chi connectivity index (χ0n) is 31.7. The molecule has 0 aliphatic carbocycles. The van der Waals surface area contributed by atoms with Crippen LogP contribution in [0.5, 0.6) is 0 Å². The third-order valence-corrected chi connectivity index (χ3v) is 10.7. The van der Waals surface area contributed by atoms with Gasteiger partial charge in [0.05, 0.1) is 17.1 Å². The minimum Gasteiger partial charge on any atom is -0.256 e. The van der Waals surface area contributed by atoms with E-state index in [1.165, 1.54) is 22.3 Å². The third kappa shape index (κ3) is 7.09. The fourth-order valence-corrected chi connectivity index (χ4v) is 7.74. The van der Waals surface area contributed by atoms with Gasteiger partial charge in [-0.05, 0) is 92.4 Å². The molecule has 0 spiro atoms. The number of hydrogen-bond donors (Lipinski definition) is 0. The van der Waals surface area contributed by atoms with Crippen LogP contribution in [0.4, 0.5) is 0 Å². The van der Waals surface area contributed by atoms with Crippen LogP contribution in [0.2, 0.25) is 0 Å². The molecule has 3 nitrogen and oxygen atoms in total. The first-order chi connectivity index (χ1) is 28.7. The van der Waals surface area contributed by atoms with Gasteiger partial charge in [-0.2, -0.15) is 0 Å². The van der Waals surface area contributed by atoms with Crippen LogP contribution in [-0.4, -0.2) is 15.0 Å². The Morgan fingerprint density at radius 2 is 0.690 bits per heavy atom. The number of pyridine rings is 1. The Kier molecular flexibility index (Phi) is 9.23. The maximum atomic E-state index is 5.32. The number of aromatic nitrogens is 3. The van der Waals surface area contributed by atoms with Gasteiger partial charge in [-0.1, -0.05) is 176 Å². The molecule has 0 saturated carbocycles. The lowest BCUT2D eigenvalue weighted by molar-refractivity contribution is 1.18. The number of fused-ring (bicyclic) bond motifs is 1. The van der Waals surface area contributed by atoms with Crippen molar-refractivity contribution in [1.29, 1.82) is 0 Å². The predicted octanol–water partition coefficient (Wildman–Crippen LogP) is 14.4. The van der Waals surface area contributed by atoms with E-state index in [-0.39, 0.29) is 0 Å². The van der Waals surface area contributed by atoms with Crippen molar-refractivity contribution in [3.05, 3.63) is 225 Å². The molecule has 8 aromatic carbocycles. The van der Waals surface area contributed by atoms with Crippen LogP contribution in [0.25, 0.3) is 100 Å². The average molecular weight is 740 g/mol. The predicted molar refractivity (Wildman–Crippen MR) is 241 cm³/mol. The molecule has 0 aliphatic rings. The summed E-state index contributed by atoms with van der Waals surface area (Å²) in [5.74, 6) is 0.654. The molecule has 2 heterocycles. The second-order valence-corrected chi connectivity index (χ2v) is 14.5. The van der Waals surface area contributed by atoms with Crippen molar-refractivity contribution in [3.63, 3.8) is 0 Å². The van der Waals surface area contributed by atoms with Crippen LogP contribution in [0, 0.1) is 0 Å². The lowest BCUT2D eigenvalue weighted by Crippen LogP contribution is -1.97. The summed E-state index contributed by atoms with van der Waals surface area (Å²) in [6.07, 6.45) is 1.94. The summed E-state index contributed by atoms with van der Waals surface area (Å²) >= 11 is 0. The van der Waals surface area contributed by atoms with E-state index in [0.717, 1.165) is 72.4 Å². The van der Waals surface area contributed by atoms with Gasteiger partial charge in [0.1, 0.15) is 0 Å². The highest BCUT2D eigenvalue weighted by Gasteiger charge is 2.16. The molecule has 0 fully saturated rings. The van der Waals surface area contributed by atoms with Gasteiger partial charge in [0.2, 0.25) is 0 Å². The Labute approximate surface area is 338 Å². The van der Waals surface area contributed by atoms with Crippen molar-refractivity contribution in [2.24, 2.45) is 0 Å². The Bertz CT molecular complexity index is 2990. The first-order valence-corrected chi connectivity index (χ1v) is 19.6. The highest BCUT2D eigenvalue weighted by Crippen LogP contribution is 2.37. The van der Waals surface area contributed by atoms with Crippen molar-refractivity contribution in [2.45, 2.75) is 0 Å². The topological polar surface area (TPSA) is 38.7 Å². The van der Waals surface area contributed by atoms with Gasteiger partial charge in [-0.3, -0.25) is 4.98 Å². The molecule has 0 aliphatic heterocycles. The molecular formula is C55H37N3. The summed E-state index contributed by atoms with van der Waals surface area (Å²) in [4.78, 5) is 15.5. The quantitative estimate of drug-likeness (QED) is 0.156. The largest absolute Gasteiger partial charge is 0.256 e. The monoisotopic (exact) mass is 739 g/mol. The van der Waals surface area contributed by atoms with Crippen molar-refractivity contribution in [2.75, 3.05) is 0 Å². The third-order valence-electron chi connectivity index (χ3n) is 10.7. The van der Waals surface area contributed by atoms with Gasteiger partial charge in [0.15, 0.2) is 5.82 Å². The number of rotatable bonds is 8. The fourth-order valence-electron chi connectivity index (χ4n) is 7.74. The van der Waals surface area contributed by atoms with Crippen molar-refractivity contribution in [3.8, 4) is 89.7 Å². The van der Waals surface area contributed by atoms with Crippen LogP contribution in [-0.2, 0) is 0 Å². The number of benzene rings is 8. The fraction of sp³-hybridized carbons (Fsp3) is 0. The lowest BCUT2D eigenvalue weighted by atomic mass is 9.92. The van der Waals surface area contributed by atoms with E-state index in [1.807, 2.05) is 12.3 Å². The molecule has 2 aromatic heterocycles. The summed E-state index contributed by atoms with van der Waals surface area (Å²) in [5, 5.41) is 2.27. The minimum atomic E-state index is 0.654. The summed E-state index contributed by atoms with van der Waals surface area (Å²) < 4.78 is 0. The van der Waals surface area contributed by atoms with Crippen LogP contribution in [0.3, 0.4) is 0 Å². The molecule has 10 aromatic rings. The van der Waals surface area contributed by atoms with Crippen LogP contribution >= 0.6 is 0 Å². The van der Waals surface area contributed by atoms with Gasteiger partial charge >= 0.3 is 0 Å². The zero-order valence-corrected chi connectivity index (χ0v) is 31.7. The SMILES string of the molecule is c1ccc(-c2cc(-c3ccccc3)cc(-c3cccc(-c4cc(-c5ccccc5-c5ccccc5)nc(-c5cccc(-c6cc7ccccc7cn6)c5)n4)c3)c2)cc1. The van der Waals surface area contributed by atoms with Crippen LogP contribution in [0.1, 0.15) is 0 Å². The Morgan fingerprint density at radius 3 is 1.36 bits per heavy atom. The second-order valence-electron chi connectivity index (χ2n) is 14.5. The molecule has 0 unspecified atom stereocenters. The average Bonchev–Trinajstić information content (AvgIpc) is 3.32. The maximum Gasteiger partial charge on any atom is 0.160 e. The molecule has 3 heteroatoms. The Balaban J connectivity index is 1.13. The molecular weight excluding hydrogens is 703 g/mol. The summed E-state index contributed by atoms with van der Waals surface area (Å²) in [6, 6.07) is 76.8. The minimum absolute atomic E-state index is 0.654. The van der Waals surface area contributed by atoms with Crippen molar-refractivity contribution >= 4 is 10.8 Å². The molecule has 10 rings (SSSR count). The van der Waals surface area contributed by atoms with E-state index in [1.54, 1.807) is 0 Å². The molecule has 0 radical (unpaired) electrons. The molecule has 0 atom stereocenters. The van der Waals surface area contributed by atoms with Gasteiger partial charge in [-0.15, -0.1) is 0 Å². The second kappa shape index (κ2) is 15.4. The lowest BCUT2D eigenvalue weighted by Gasteiger charge is -2.14. The Hall–Kier alpha value is -7.75. The van der Waals surface area contributed by atoms with E-state index in [2.05, 4.69) is 212 Å². The normalized spacial score (nSPS) is 11.1. The van der Waals surface area contributed by atoms with Gasteiger partial charge in [-0.25, -0.2) is 9.97 Å². The zero-order chi connectivity index (χ0) is 38.7. The highest BCUT2D eigenvalue weighted by molar-refractivity contribution is 5.88. The maximum absolute atomic E-state index is 5.32. The van der Waals surface area contributed by atoms with E-state index in [9.17, 15) is 0 Å². The van der Waals surface area contributed by atoms with E-state index in [0.29, 0.717) is 5.82 Å². The molecule has 0 bridgehead atoms. The molecule has 0 N–H and O–H groups in total. The molecule has 0 amide bonds. The Morgan fingerprint density at radius 1 is 0.241 bits per heavy atom. The van der Waals surface area contributed by atoms with E-state index in [4.69, 9.17) is 15.0 Å². The van der Waals surface area contributed by atoms with Gasteiger partial charge in [0.25, 0.3) is 0 Å². The first-order valence-electron chi connectivity index (χ1n) is 19.6. The van der Waals surface area contributed by atoms with E-state index < -0.39 is 0 Å². The molecule has 272 valence electrons. The number of hydrogen-bond acceptors (Lipinski definition) is 3. The standard InChI is InChI=1S/C55H37N3/c1-4-16-38(17-5-1)47-32-48(39-18-6-2-7-19-39)34-49(33-47)41-24-14-26-44(30-41)53-36-54(51-29-13-12-28-50(51)40-20-8-3-9-21-40)58-55(57-53)45-27-15-25-43(31-45)52-35-42-22-10-11-23-46(42)37-56-52/h1-37H. The van der Waals surface area contributed by atoms with Crippen LogP contribution < -0.4 is 0 Å². The summed E-state index contributed by atoms with van der Waals surface area (Å²) in [7, 11) is 0. The van der Waals surface area contributed by atoms with E-state index >= 15 is 0 Å². The first kappa shape index (κ1) is 34.7. The highest BCUT2D eigenvalue weighted by atomic mass is 14.9. The molecule has 58 heavy (non-hydrogen) atoms. The van der Waals surface area contributed by atoms with Crippen molar-refractivity contribution < 1.29 is 0 Å². The number of nitrogens with zero attached hydrogens (tertiary/aromatic N) is 3.